The average Bonchev–Trinajstić information content (AvgIpc) is 2.56. The Labute approximate surface area is 133 Å². The predicted molar refractivity (Wildman–Crippen MR) is 84.5 cm³/mol. The summed E-state index contributed by atoms with van der Waals surface area (Å²) in [7, 11) is 0. The molecule has 0 aromatic rings. The SMILES string of the molecule is CCN(CC)C(=O)CN1CCCC[C@H]1C(=O)N1CCOCC1. The summed E-state index contributed by atoms with van der Waals surface area (Å²) in [5.74, 6) is 0.307. The van der Waals surface area contributed by atoms with Crippen molar-refractivity contribution in [3.8, 4) is 0 Å². The highest BCUT2D eigenvalue weighted by Crippen LogP contribution is 2.19. The molecule has 0 spiro atoms. The number of morpholine rings is 1. The fourth-order valence-corrected chi connectivity index (χ4v) is 3.30. The van der Waals surface area contributed by atoms with Gasteiger partial charge in [-0.3, -0.25) is 14.5 Å². The highest BCUT2D eigenvalue weighted by atomic mass is 16.5. The van der Waals surface area contributed by atoms with Gasteiger partial charge in [-0.15, -0.1) is 0 Å². The summed E-state index contributed by atoms with van der Waals surface area (Å²) in [4.78, 5) is 30.9. The highest BCUT2D eigenvalue weighted by Gasteiger charge is 2.33. The first-order chi connectivity index (χ1) is 10.7. The Kier molecular flexibility index (Phi) is 6.64. The number of ether oxygens (including phenoxy) is 1. The zero-order chi connectivity index (χ0) is 15.9. The van der Waals surface area contributed by atoms with Gasteiger partial charge in [-0.2, -0.15) is 0 Å². The zero-order valence-corrected chi connectivity index (χ0v) is 13.9. The number of amides is 2. The molecule has 0 radical (unpaired) electrons. The van der Waals surface area contributed by atoms with E-state index in [1.165, 1.54) is 0 Å². The van der Waals surface area contributed by atoms with Crippen molar-refractivity contribution in [2.75, 3.05) is 52.5 Å². The number of carbonyl (C=O) groups excluding carboxylic acids is 2. The van der Waals surface area contributed by atoms with Gasteiger partial charge in [0.05, 0.1) is 25.8 Å². The molecule has 0 unspecified atom stereocenters. The summed E-state index contributed by atoms with van der Waals surface area (Å²) in [6.07, 6.45) is 3.00. The van der Waals surface area contributed by atoms with Crippen LogP contribution in [0.1, 0.15) is 33.1 Å². The van der Waals surface area contributed by atoms with Gasteiger partial charge in [-0.05, 0) is 33.2 Å². The fraction of sp³-hybridized carbons (Fsp3) is 0.875. The van der Waals surface area contributed by atoms with Gasteiger partial charge < -0.3 is 14.5 Å². The number of hydrogen-bond acceptors (Lipinski definition) is 4. The van der Waals surface area contributed by atoms with Gasteiger partial charge in [-0.25, -0.2) is 0 Å². The summed E-state index contributed by atoms with van der Waals surface area (Å²) in [6.45, 7) is 9.24. The topological polar surface area (TPSA) is 53.1 Å². The Balaban J connectivity index is 1.98. The number of carbonyl (C=O) groups is 2. The number of piperidine rings is 1. The Morgan fingerprint density at radius 3 is 2.41 bits per heavy atom. The third kappa shape index (κ3) is 4.20. The minimum Gasteiger partial charge on any atom is -0.378 e. The van der Waals surface area contributed by atoms with Crippen molar-refractivity contribution in [3.05, 3.63) is 0 Å². The van der Waals surface area contributed by atoms with Crippen LogP contribution in [0.4, 0.5) is 0 Å². The van der Waals surface area contributed by atoms with Crippen LogP contribution in [0.2, 0.25) is 0 Å². The minimum absolute atomic E-state index is 0.131. The molecule has 0 bridgehead atoms. The Morgan fingerprint density at radius 2 is 1.77 bits per heavy atom. The lowest BCUT2D eigenvalue weighted by atomic mass is 10.0. The standard InChI is InChI=1S/C16H29N3O3/c1-3-17(4-2)15(20)13-19-8-6-5-7-14(19)16(21)18-9-11-22-12-10-18/h14H,3-13H2,1-2H3/t14-/m0/s1. The molecule has 2 saturated heterocycles. The van der Waals surface area contributed by atoms with Gasteiger partial charge >= 0.3 is 0 Å². The van der Waals surface area contributed by atoms with Crippen LogP contribution in [-0.4, -0.2) is 85.0 Å². The highest BCUT2D eigenvalue weighted by molar-refractivity contribution is 5.84. The molecule has 2 rings (SSSR count). The van der Waals surface area contributed by atoms with Crippen molar-refractivity contribution in [1.29, 1.82) is 0 Å². The van der Waals surface area contributed by atoms with E-state index in [9.17, 15) is 9.59 Å². The van der Waals surface area contributed by atoms with Gasteiger partial charge in [0.1, 0.15) is 0 Å². The average molecular weight is 311 g/mol. The third-order valence-electron chi connectivity index (χ3n) is 4.68. The Bertz CT molecular complexity index is 379. The second kappa shape index (κ2) is 8.48. The number of likely N-dealkylation sites (tertiary alicyclic amines) is 1. The normalized spacial score (nSPS) is 23.4. The largest absolute Gasteiger partial charge is 0.378 e. The van der Waals surface area contributed by atoms with Crippen LogP contribution in [0.25, 0.3) is 0 Å². The van der Waals surface area contributed by atoms with Crippen LogP contribution in [0, 0.1) is 0 Å². The first-order valence-corrected chi connectivity index (χ1v) is 8.55. The van der Waals surface area contributed by atoms with Crippen molar-refractivity contribution in [3.63, 3.8) is 0 Å². The van der Waals surface area contributed by atoms with Crippen LogP contribution in [0.5, 0.6) is 0 Å². The minimum atomic E-state index is -0.133. The summed E-state index contributed by atoms with van der Waals surface area (Å²) >= 11 is 0. The fourth-order valence-electron chi connectivity index (χ4n) is 3.30. The molecule has 22 heavy (non-hydrogen) atoms. The zero-order valence-electron chi connectivity index (χ0n) is 13.9. The summed E-state index contributed by atoms with van der Waals surface area (Å²) in [5, 5.41) is 0. The molecule has 6 nitrogen and oxygen atoms in total. The number of rotatable bonds is 5. The van der Waals surface area contributed by atoms with E-state index in [4.69, 9.17) is 4.74 Å². The molecular formula is C16H29N3O3. The number of hydrogen-bond donors (Lipinski definition) is 0. The van der Waals surface area contributed by atoms with Crippen molar-refractivity contribution in [2.24, 2.45) is 0 Å². The van der Waals surface area contributed by atoms with Crippen molar-refractivity contribution < 1.29 is 14.3 Å². The third-order valence-corrected chi connectivity index (χ3v) is 4.68. The maximum atomic E-state index is 12.8. The summed E-state index contributed by atoms with van der Waals surface area (Å²) in [5.41, 5.74) is 0. The lowest BCUT2D eigenvalue weighted by molar-refractivity contribution is -0.144. The van der Waals surface area contributed by atoms with Gasteiger partial charge in [0.2, 0.25) is 11.8 Å². The van der Waals surface area contributed by atoms with Gasteiger partial charge in [0, 0.05) is 26.2 Å². The van der Waals surface area contributed by atoms with Crippen LogP contribution in [-0.2, 0) is 14.3 Å². The van der Waals surface area contributed by atoms with Crippen molar-refractivity contribution in [1.82, 2.24) is 14.7 Å². The van der Waals surface area contributed by atoms with Crippen molar-refractivity contribution in [2.45, 2.75) is 39.2 Å². The molecule has 0 aromatic carbocycles. The first kappa shape index (κ1) is 17.2. The smallest absolute Gasteiger partial charge is 0.240 e. The number of likely N-dealkylation sites (N-methyl/N-ethyl adjacent to an activating group) is 1. The maximum absolute atomic E-state index is 12.8. The summed E-state index contributed by atoms with van der Waals surface area (Å²) in [6, 6.07) is -0.133. The molecule has 6 heteroatoms. The van der Waals surface area contributed by atoms with E-state index >= 15 is 0 Å². The van der Waals surface area contributed by atoms with E-state index in [0.29, 0.717) is 32.8 Å². The monoisotopic (exact) mass is 311 g/mol. The summed E-state index contributed by atoms with van der Waals surface area (Å²) < 4.78 is 5.32. The molecule has 1 atom stereocenters. The number of nitrogens with zero attached hydrogens (tertiary/aromatic N) is 3. The predicted octanol–water partition coefficient (Wildman–Crippen LogP) is 0.568. The van der Waals surface area contributed by atoms with Crippen LogP contribution >= 0.6 is 0 Å². The Morgan fingerprint density at radius 1 is 1.09 bits per heavy atom. The van der Waals surface area contributed by atoms with Gasteiger partial charge in [0.15, 0.2) is 0 Å². The second-order valence-electron chi connectivity index (χ2n) is 5.99. The van der Waals surface area contributed by atoms with Crippen LogP contribution in [0.3, 0.4) is 0 Å². The van der Waals surface area contributed by atoms with Crippen LogP contribution in [0.15, 0.2) is 0 Å². The molecule has 0 aromatic heterocycles. The molecule has 2 fully saturated rings. The first-order valence-electron chi connectivity index (χ1n) is 8.55. The second-order valence-corrected chi connectivity index (χ2v) is 5.99. The quantitative estimate of drug-likeness (QED) is 0.745. The molecule has 2 aliphatic heterocycles. The van der Waals surface area contributed by atoms with Crippen LogP contribution < -0.4 is 0 Å². The molecule has 2 amide bonds. The van der Waals surface area contributed by atoms with E-state index < -0.39 is 0 Å². The maximum Gasteiger partial charge on any atom is 0.240 e. The van der Waals surface area contributed by atoms with E-state index in [2.05, 4.69) is 4.90 Å². The lowest BCUT2D eigenvalue weighted by Gasteiger charge is -2.39. The van der Waals surface area contributed by atoms with E-state index in [1.54, 1.807) is 0 Å². The van der Waals surface area contributed by atoms with E-state index in [0.717, 1.165) is 38.9 Å². The van der Waals surface area contributed by atoms with Gasteiger partial charge in [0.25, 0.3) is 0 Å². The van der Waals surface area contributed by atoms with E-state index in [1.807, 2.05) is 23.6 Å². The molecule has 0 aliphatic carbocycles. The molecule has 126 valence electrons. The molecular weight excluding hydrogens is 282 g/mol. The molecule has 0 N–H and O–H groups in total. The van der Waals surface area contributed by atoms with E-state index in [-0.39, 0.29) is 17.9 Å². The molecule has 2 heterocycles. The van der Waals surface area contributed by atoms with Gasteiger partial charge in [-0.1, -0.05) is 6.42 Å². The van der Waals surface area contributed by atoms with Crippen molar-refractivity contribution >= 4 is 11.8 Å². The Hall–Kier alpha value is -1.14. The molecule has 0 saturated carbocycles. The molecule has 2 aliphatic rings. The lowest BCUT2D eigenvalue weighted by Crippen LogP contribution is -2.55.